The van der Waals surface area contributed by atoms with Gasteiger partial charge in [0.25, 0.3) is 12.5 Å². The van der Waals surface area contributed by atoms with Crippen molar-refractivity contribution >= 4 is 107 Å². The highest BCUT2D eigenvalue weighted by Crippen LogP contribution is 2.56. The zero-order valence-corrected chi connectivity index (χ0v) is 54.5. The minimum Gasteiger partial charge on any atom is -0.455 e. The molecule has 0 saturated heterocycles. The standard InChI is InChI=1S/C79H80BN4OS/c1-43(2)52-22-21-23-53(44(3)4)71(52)84-62-25-20-19-24-61(62)81(18)75(84)69-45(5)26-30-55-54-31-27-46(36-66(54)85-74(55)69)47-34-64-70-65(35-47)83-63-33-29-49(77(9,10)11)41-67(63)86-68-42-51(79(15,16)17)40-59(73(68)83)80(70)58-39-50(78(12,13)14)38-57-56-37-48(76(6,7)8)28-32-60(56)82(64)72(57)58/h19-44H,1-18H3/q+1. The van der Waals surface area contributed by atoms with Gasteiger partial charge in [-0.05, 0) is 169 Å². The first kappa shape index (κ1) is 54.9. The van der Waals surface area contributed by atoms with Crippen LogP contribution in [0.1, 0.15) is 162 Å². The first-order valence-electron chi connectivity index (χ1n) is 31.4. The minimum atomic E-state index is -0.0814. The number of benzene rings is 9. The van der Waals surface area contributed by atoms with E-state index in [0.717, 1.165) is 44.5 Å². The van der Waals surface area contributed by atoms with Gasteiger partial charge in [-0.15, -0.1) is 0 Å². The third kappa shape index (κ3) is 7.94. The molecule has 0 atom stereocenters. The van der Waals surface area contributed by atoms with E-state index in [1.807, 2.05) is 11.8 Å². The summed E-state index contributed by atoms with van der Waals surface area (Å²) in [6.45, 7) is 39.9. The van der Waals surface area contributed by atoms with Gasteiger partial charge in [0.2, 0.25) is 0 Å². The summed E-state index contributed by atoms with van der Waals surface area (Å²) in [5.74, 6) is 1.75. The van der Waals surface area contributed by atoms with Crippen molar-refractivity contribution in [3.05, 3.63) is 185 Å². The van der Waals surface area contributed by atoms with Crippen LogP contribution in [0.25, 0.3) is 88.7 Å². The number of aromatic nitrogens is 3. The van der Waals surface area contributed by atoms with Crippen molar-refractivity contribution in [1.29, 1.82) is 0 Å². The van der Waals surface area contributed by atoms with E-state index in [4.69, 9.17) is 4.42 Å². The first-order valence-corrected chi connectivity index (χ1v) is 32.2. The molecule has 7 heteroatoms. The van der Waals surface area contributed by atoms with Gasteiger partial charge in [-0.25, -0.2) is 4.57 Å². The van der Waals surface area contributed by atoms with Gasteiger partial charge in [0.1, 0.15) is 16.8 Å². The Bertz CT molecular complexity index is 4910. The molecule has 3 aromatic heterocycles. The number of nitrogens with zero attached hydrogens (tertiary/aromatic N) is 4. The second-order valence-corrected chi connectivity index (χ2v) is 31.3. The summed E-state index contributed by atoms with van der Waals surface area (Å²) in [6.07, 6.45) is 0. The SMILES string of the molecule is Cc1ccc2c(oc3cc(-c4cc5c6c(c4)-n4c7ccc(C(C)(C)C)cc7c7cc(C(C)(C)C)cc(c74)B6c4cc(C(C)(C)C)cc6c4N5c4ccc(C(C)(C)C)cc4S6)ccc32)c1-c1n(-c2c(C(C)C)cccc2C(C)C)c2ccccc2[n+]1C. The fourth-order valence-corrected chi connectivity index (χ4v) is 16.0. The van der Waals surface area contributed by atoms with E-state index in [9.17, 15) is 0 Å². The van der Waals surface area contributed by atoms with Crippen LogP contribution >= 0.6 is 11.8 Å². The molecule has 9 aromatic carbocycles. The van der Waals surface area contributed by atoms with Crippen molar-refractivity contribution in [3.63, 3.8) is 0 Å². The summed E-state index contributed by atoms with van der Waals surface area (Å²) < 4.78 is 15.1. The molecule has 0 unspecified atom stereocenters. The predicted molar refractivity (Wildman–Crippen MR) is 368 cm³/mol. The van der Waals surface area contributed by atoms with E-state index < -0.39 is 0 Å². The summed E-state index contributed by atoms with van der Waals surface area (Å²) in [7, 11) is 2.23. The normalized spacial score (nSPS) is 14.0. The Balaban J connectivity index is 1.03. The Morgan fingerprint density at radius 3 is 1.80 bits per heavy atom. The van der Waals surface area contributed by atoms with E-state index in [0.29, 0.717) is 11.8 Å². The Morgan fingerprint density at radius 2 is 1.10 bits per heavy atom. The molecule has 86 heavy (non-hydrogen) atoms. The third-order valence-electron chi connectivity index (χ3n) is 19.6. The second kappa shape index (κ2) is 18.4. The van der Waals surface area contributed by atoms with Crippen LogP contribution in [0.3, 0.4) is 0 Å². The summed E-state index contributed by atoms with van der Waals surface area (Å²) in [4.78, 5) is 5.29. The lowest BCUT2D eigenvalue weighted by atomic mass is 9.33. The van der Waals surface area contributed by atoms with E-state index >= 15 is 0 Å². The van der Waals surface area contributed by atoms with Gasteiger partial charge in [0, 0.05) is 59.4 Å². The van der Waals surface area contributed by atoms with Gasteiger partial charge in [-0.2, -0.15) is 4.57 Å². The van der Waals surface area contributed by atoms with Crippen LogP contribution in [0.15, 0.2) is 160 Å². The molecule has 0 amide bonds. The third-order valence-corrected chi connectivity index (χ3v) is 20.7. The van der Waals surface area contributed by atoms with Gasteiger partial charge in [-0.3, -0.25) is 0 Å². The maximum atomic E-state index is 7.48. The highest BCUT2D eigenvalue weighted by molar-refractivity contribution is 7.99. The van der Waals surface area contributed by atoms with Gasteiger partial charge in [0.15, 0.2) is 16.6 Å². The van der Waals surface area contributed by atoms with Crippen LogP contribution in [-0.4, -0.2) is 15.8 Å². The molecular formula is C79H80BN4OS+. The Labute approximate surface area is 513 Å². The van der Waals surface area contributed by atoms with Gasteiger partial charge >= 0.3 is 0 Å². The van der Waals surface area contributed by atoms with Crippen LogP contribution < -0.4 is 25.9 Å². The topological polar surface area (TPSA) is 30.1 Å². The average Bonchev–Trinajstić information content (AvgIpc) is 1.23. The van der Waals surface area contributed by atoms with Crippen molar-refractivity contribution in [1.82, 2.24) is 9.13 Å². The summed E-state index contributed by atoms with van der Waals surface area (Å²) in [5, 5.41) is 4.88. The number of imidazole rings is 1. The highest BCUT2D eigenvalue weighted by atomic mass is 32.2. The molecule has 6 heterocycles. The molecule has 15 rings (SSSR count). The molecule has 0 N–H and O–H groups in total. The van der Waals surface area contributed by atoms with E-state index in [1.54, 1.807) is 0 Å². The number of anilines is 3. The van der Waals surface area contributed by atoms with E-state index in [2.05, 4.69) is 289 Å². The molecule has 0 radical (unpaired) electrons. The molecular weight excluding hydrogens is 1060 g/mol. The van der Waals surface area contributed by atoms with Crippen LogP contribution in [0, 0.1) is 6.92 Å². The Morgan fingerprint density at radius 1 is 0.488 bits per heavy atom. The van der Waals surface area contributed by atoms with Gasteiger partial charge in [-0.1, -0.05) is 195 Å². The van der Waals surface area contributed by atoms with Crippen molar-refractivity contribution in [3.8, 4) is 33.9 Å². The highest BCUT2D eigenvalue weighted by Gasteiger charge is 2.47. The largest absolute Gasteiger partial charge is 0.455 e. The molecule has 0 bridgehead atoms. The maximum Gasteiger partial charge on any atom is 0.299 e. The van der Waals surface area contributed by atoms with Gasteiger partial charge in [0.05, 0.1) is 23.9 Å². The average molecular weight is 1140 g/mol. The van der Waals surface area contributed by atoms with Crippen LogP contribution in [0.2, 0.25) is 0 Å². The smallest absolute Gasteiger partial charge is 0.299 e. The minimum absolute atomic E-state index is 0.0101. The summed E-state index contributed by atoms with van der Waals surface area (Å²) in [5.41, 5.74) is 29.6. The number of para-hydroxylation sites is 3. The van der Waals surface area contributed by atoms with Gasteiger partial charge < -0.3 is 13.9 Å². The lowest BCUT2D eigenvalue weighted by Crippen LogP contribution is -2.61. The van der Waals surface area contributed by atoms with Crippen LogP contribution in [0.4, 0.5) is 17.1 Å². The second-order valence-electron chi connectivity index (χ2n) is 30.2. The fourth-order valence-electron chi connectivity index (χ4n) is 14.8. The van der Waals surface area contributed by atoms with E-state index in [1.165, 1.54) is 126 Å². The van der Waals surface area contributed by atoms with E-state index in [-0.39, 0.29) is 28.4 Å². The Hall–Kier alpha value is -7.74. The quantitative estimate of drug-likeness (QED) is 0.127. The maximum absolute atomic E-state index is 7.48. The molecule has 0 spiro atoms. The number of hydrogen-bond donors (Lipinski definition) is 0. The molecule has 0 fully saturated rings. The zero-order chi connectivity index (χ0) is 60.3. The van der Waals surface area contributed by atoms with Crippen molar-refractivity contribution in [2.24, 2.45) is 7.05 Å². The van der Waals surface area contributed by atoms with Crippen LogP contribution in [-0.2, 0) is 28.7 Å². The van der Waals surface area contributed by atoms with Crippen molar-refractivity contribution in [2.75, 3.05) is 4.90 Å². The number of hydrogen-bond acceptors (Lipinski definition) is 3. The molecule has 0 saturated carbocycles. The molecule has 3 aliphatic heterocycles. The number of aryl methyl sites for hydroxylation is 2. The lowest BCUT2D eigenvalue weighted by molar-refractivity contribution is -0.633. The first-order chi connectivity index (χ1) is 40.7. The fraction of sp³-hybridized carbons (Fsp3) is 0.304. The summed E-state index contributed by atoms with van der Waals surface area (Å²) in [6, 6.07) is 57.3. The predicted octanol–water partition coefficient (Wildman–Crippen LogP) is 19.6. The Kier molecular flexibility index (Phi) is 11.7. The van der Waals surface area contributed by atoms with Crippen molar-refractivity contribution in [2.45, 2.75) is 161 Å². The molecule has 430 valence electrons. The lowest BCUT2D eigenvalue weighted by Gasteiger charge is -2.45. The molecule has 12 aromatic rings. The zero-order valence-electron chi connectivity index (χ0n) is 53.7. The summed E-state index contributed by atoms with van der Waals surface area (Å²) >= 11 is 1.96. The molecule has 5 nitrogen and oxygen atoms in total. The van der Waals surface area contributed by atoms with Crippen molar-refractivity contribution < 1.29 is 8.98 Å². The number of fused-ring (bicyclic) bond motifs is 13. The monoisotopic (exact) mass is 1140 g/mol. The number of furan rings is 1. The molecule has 3 aliphatic rings. The molecule has 0 aliphatic carbocycles. The number of rotatable bonds is 5. The van der Waals surface area contributed by atoms with Crippen LogP contribution in [0.5, 0.6) is 0 Å².